The summed E-state index contributed by atoms with van der Waals surface area (Å²) in [5, 5.41) is 13.3. The summed E-state index contributed by atoms with van der Waals surface area (Å²) in [7, 11) is 0. The van der Waals surface area contributed by atoms with Crippen LogP contribution >= 0.6 is 0 Å². The Morgan fingerprint density at radius 3 is 2.49 bits per heavy atom. The Hall–Kier alpha value is -3.24. The van der Waals surface area contributed by atoms with E-state index in [1.807, 2.05) is 20.8 Å². The predicted molar refractivity (Wildman–Crippen MR) is 140 cm³/mol. The van der Waals surface area contributed by atoms with Crippen LogP contribution in [0.15, 0.2) is 48.7 Å². The molecule has 0 aliphatic carbocycles. The fraction of sp³-hybridized carbons (Fsp3) is 0.448. The first-order valence-electron chi connectivity index (χ1n) is 13.0. The number of rotatable bonds is 8. The van der Waals surface area contributed by atoms with E-state index in [-0.39, 0.29) is 30.9 Å². The first kappa shape index (κ1) is 28.8. The van der Waals surface area contributed by atoms with Crippen molar-refractivity contribution in [2.45, 2.75) is 52.6 Å². The number of halogens is 4. The summed E-state index contributed by atoms with van der Waals surface area (Å²) in [5.74, 6) is -2.56. The summed E-state index contributed by atoms with van der Waals surface area (Å²) in [4.78, 5) is 19.6. The number of nitrogens with one attached hydrogen (secondary N) is 1. The van der Waals surface area contributed by atoms with Gasteiger partial charge in [-0.15, -0.1) is 0 Å². The van der Waals surface area contributed by atoms with Crippen molar-refractivity contribution >= 4 is 5.91 Å². The molecule has 210 valence electrons. The van der Waals surface area contributed by atoms with Gasteiger partial charge in [0.25, 0.3) is 5.91 Å². The van der Waals surface area contributed by atoms with E-state index in [0.29, 0.717) is 17.9 Å². The van der Waals surface area contributed by atoms with Crippen molar-refractivity contribution in [2.24, 2.45) is 11.3 Å². The van der Waals surface area contributed by atoms with Crippen LogP contribution in [0.1, 0.15) is 45.1 Å². The number of carbonyl (C=O) groups excluding carboxylic acids is 1. The topological polar surface area (TPSA) is 70.4 Å². The first-order valence-corrected chi connectivity index (χ1v) is 13.0. The summed E-state index contributed by atoms with van der Waals surface area (Å²) < 4.78 is 59.3. The number of alkyl halides is 1. The lowest BCUT2D eigenvalue weighted by Gasteiger charge is -2.41. The van der Waals surface area contributed by atoms with E-state index in [4.69, 9.17) is 4.98 Å². The van der Waals surface area contributed by atoms with E-state index in [1.165, 1.54) is 30.2 Å². The molecule has 4 atom stereocenters. The van der Waals surface area contributed by atoms with Gasteiger partial charge in [-0.05, 0) is 48.2 Å². The molecule has 1 aliphatic heterocycles. The van der Waals surface area contributed by atoms with Crippen LogP contribution in [-0.2, 0) is 11.3 Å². The van der Waals surface area contributed by atoms with Gasteiger partial charge < -0.3 is 19.9 Å². The third-order valence-corrected chi connectivity index (χ3v) is 6.96. The largest absolute Gasteiger partial charge is 0.384 e. The van der Waals surface area contributed by atoms with Crippen molar-refractivity contribution in [3.05, 3.63) is 77.5 Å². The van der Waals surface area contributed by atoms with Crippen LogP contribution in [0.5, 0.6) is 0 Å². The second kappa shape index (κ2) is 11.5. The molecule has 0 bridgehead atoms. The molecule has 0 unspecified atom stereocenters. The van der Waals surface area contributed by atoms with Gasteiger partial charge in [0.1, 0.15) is 35.6 Å². The highest BCUT2D eigenvalue weighted by molar-refractivity contribution is 5.80. The molecule has 1 saturated heterocycles. The normalized spacial score (nSPS) is 19.2. The van der Waals surface area contributed by atoms with Gasteiger partial charge in [-0.1, -0.05) is 32.9 Å². The maximum absolute atomic E-state index is 14.8. The number of aromatic nitrogens is 2. The summed E-state index contributed by atoms with van der Waals surface area (Å²) in [5.41, 5.74) is -0.0440. The standard InChI is InChI=1S/C29H34F4N4O2/c1-17(38)28(39)37(15-19-12-34-13-24(19)33)26(29(2,3)4)27-35-25(22-11-21(31)8-9-23(22)32)16-36(27)14-18-6-5-7-20(30)10-18/h5-11,16-17,19,24,26,34,38H,12-15H2,1-4H3/t17-,19-,24-,26-/m0/s1. The quantitative estimate of drug-likeness (QED) is 0.396. The molecule has 4 rings (SSSR count). The molecule has 2 N–H and O–H groups in total. The third kappa shape index (κ3) is 6.50. The average Bonchev–Trinajstić information content (AvgIpc) is 3.44. The van der Waals surface area contributed by atoms with E-state index in [0.717, 1.165) is 18.2 Å². The van der Waals surface area contributed by atoms with Crippen molar-refractivity contribution in [1.29, 1.82) is 0 Å². The van der Waals surface area contributed by atoms with Crippen molar-refractivity contribution in [1.82, 2.24) is 19.8 Å². The minimum Gasteiger partial charge on any atom is -0.384 e. The Balaban J connectivity index is 1.89. The number of aliphatic hydroxyl groups is 1. The summed E-state index contributed by atoms with van der Waals surface area (Å²) in [6, 6.07) is 8.21. The molecule has 0 radical (unpaired) electrons. The molecule has 0 saturated carbocycles. The lowest BCUT2D eigenvalue weighted by molar-refractivity contribution is -0.146. The molecular weight excluding hydrogens is 512 g/mol. The number of hydrogen-bond donors (Lipinski definition) is 2. The molecule has 0 spiro atoms. The van der Waals surface area contributed by atoms with Crippen LogP contribution < -0.4 is 5.32 Å². The predicted octanol–water partition coefficient (Wildman–Crippen LogP) is 4.87. The van der Waals surface area contributed by atoms with Gasteiger partial charge in [-0.2, -0.15) is 0 Å². The van der Waals surface area contributed by atoms with Gasteiger partial charge in [0.15, 0.2) is 0 Å². The molecule has 1 aliphatic rings. The SMILES string of the molecule is C[C@H](O)C(=O)N(C[C@@H]1CNC[C@@H]1F)[C@@H](c1nc(-c2cc(F)ccc2F)cn1Cc1cccc(F)c1)C(C)(C)C. The van der Waals surface area contributed by atoms with Crippen LogP contribution in [0.4, 0.5) is 17.6 Å². The van der Waals surface area contributed by atoms with E-state index in [2.05, 4.69) is 5.32 Å². The maximum atomic E-state index is 14.8. The van der Waals surface area contributed by atoms with Crippen molar-refractivity contribution in [3.8, 4) is 11.3 Å². The molecular formula is C29H34F4N4O2. The number of aliphatic hydroxyl groups excluding tert-OH is 1. The fourth-order valence-corrected chi connectivity index (χ4v) is 5.12. The number of benzene rings is 2. The molecule has 39 heavy (non-hydrogen) atoms. The van der Waals surface area contributed by atoms with E-state index in [1.54, 1.807) is 16.7 Å². The zero-order valence-corrected chi connectivity index (χ0v) is 22.5. The van der Waals surface area contributed by atoms with Gasteiger partial charge in [-0.3, -0.25) is 4.79 Å². The molecule has 1 amide bonds. The monoisotopic (exact) mass is 546 g/mol. The Kier molecular flexibility index (Phi) is 8.46. The third-order valence-electron chi connectivity index (χ3n) is 6.96. The smallest absolute Gasteiger partial charge is 0.251 e. The summed E-state index contributed by atoms with van der Waals surface area (Å²) in [6.45, 7) is 7.64. The van der Waals surface area contributed by atoms with Gasteiger partial charge in [0.2, 0.25) is 0 Å². The minimum atomic E-state index is -1.37. The number of carbonyl (C=O) groups is 1. The van der Waals surface area contributed by atoms with Gasteiger partial charge in [0, 0.05) is 43.9 Å². The highest BCUT2D eigenvalue weighted by Gasteiger charge is 2.42. The Bertz CT molecular complexity index is 1320. The second-order valence-corrected chi connectivity index (χ2v) is 11.2. The zero-order chi connectivity index (χ0) is 28.5. The van der Waals surface area contributed by atoms with Crippen LogP contribution in [0.25, 0.3) is 11.3 Å². The molecule has 1 fully saturated rings. The van der Waals surface area contributed by atoms with E-state index in [9.17, 15) is 27.5 Å². The van der Waals surface area contributed by atoms with Crippen LogP contribution in [-0.4, -0.2) is 57.4 Å². The lowest BCUT2D eigenvalue weighted by Crippen LogP contribution is -2.49. The van der Waals surface area contributed by atoms with Gasteiger partial charge in [-0.25, -0.2) is 22.5 Å². The van der Waals surface area contributed by atoms with Crippen molar-refractivity contribution < 1.29 is 27.5 Å². The number of amides is 1. The number of nitrogens with zero attached hydrogens (tertiary/aromatic N) is 3. The highest BCUT2D eigenvalue weighted by atomic mass is 19.1. The molecule has 3 aromatic rings. The highest BCUT2D eigenvalue weighted by Crippen LogP contribution is 2.40. The molecule has 10 heteroatoms. The zero-order valence-electron chi connectivity index (χ0n) is 22.5. The molecule has 1 aromatic heterocycles. The number of hydrogen-bond acceptors (Lipinski definition) is 4. The summed E-state index contributed by atoms with van der Waals surface area (Å²) in [6.07, 6.45) is -1.01. The lowest BCUT2D eigenvalue weighted by atomic mass is 9.84. The Labute approximate surface area is 225 Å². The first-order chi connectivity index (χ1) is 18.3. The number of imidazole rings is 1. The second-order valence-electron chi connectivity index (χ2n) is 11.2. The maximum Gasteiger partial charge on any atom is 0.251 e. The van der Waals surface area contributed by atoms with Crippen LogP contribution in [0, 0.1) is 28.8 Å². The summed E-state index contributed by atoms with van der Waals surface area (Å²) >= 11 is 0. The average molecular weight is 547 g/mol. The van der Waals surface area contributed by atoms with Crippen molar-refractivity contribution in [2.75, 3.05) is 19.6 Å². The van der Waals surface area contributed by atoms with Crippen molar-refractivity contribution in [3.63, 3.8) is 0 Å². The molecule has 2 aromatic carbocycles. The Morgan fingerprint density at radius 2 is 1.87 bits per heavy atom. The van der Waals surface area contributed by atoms with E-state index >= 15 is 0 Å². The molecule has 2 heterocycles. The van der Waals surface area contributed by atoms with Gasteiger partial charge >= 0.3 is 0 Å². The Morgan fingerprint density at radius 1 is 1.15 bits per heavy atom. The fourth-order valence-electron chi connectivity index (χ4n) is 5.12. The van der Waals surface area contributed by atoms with Crippen LogP contribution in [0.2, 0.25) is 0 Å². The molecule has 6 nitrogen and oxygen atoms in total. The van der Waals surface area contributed by atoms with Gasteiger partial charge in [0.05, 0.1) is 11.7 Å². The van der Waals surface area contributed by atoms with E-state index < -0.39 is 53.0 Å². The minimum absolute atomic E-state index is 0.0102. The van der Waals surface area contributed by atoms with Crippen LogP contribution in [0.3, 0.4) is 0 Å².